The molecule has 0 aromatic heterocycles. The van der Waals surface area contributed by atoms with Crippen molar-refractivity contribution in [3.63, 3.8) is 0 Å². The van der Waals surface area contributed by atoms with E-state index < -0.39 is 11.7 Å². The molecule has 0 bridgehead atoms. The maximum Gasteiger partial charge on any atom is 0.412 e. The minimum atomic E-state index is -0.550. The van der Waals surface area contributed by atoms with Crippen molar-refractivity contribution < 1.29 is 23.8 Å². The van der Waals surface area contributed by atoms with Gasteiger partial charge >= 0.3 is 12.1 Å². The number of methoxy groups -OCH3 is 1. The maximum atomic E-state index is 11.7. The Hall–Kier alpha value is -3.02. The Labute approximate surface area is 153 Å². The van der Waals surface area contributed by atoms with Gasteiger partial charge < -0.3 is 14.2 Å². The molecule has 0 radical (unpaired) electrons. The van der Waals surface area contributed by atoms with Gasteiger partial charge in [-0.1, -0.05) is 12.1 Å². The van der Waals surface area contributed by atoms with E-state index in [1.807, 2.05) is 6.07 Å². The summed E-state index contributed by atoms with van der Waals surface area (Å²) in [6.45, 7) is 5.72. The van der Waals surface area contributed by atoms with E-state index in [9.17, 15) is 9.59 Å². The van der Waals surface area contributed by atoms with Crippen LogP contribution in [0.4, 0.5) is 10.5 Å². The fourth-order valence-electron chi connectivity index (χ4n) is 2.13. The molecule has 0 aliphatic carbocycles. The van der Waals surface area contributed by atoms with E-state index in [1.54, 1.807) is 63.2 Å². The van der Waals surface area contributed by atoms with Gasteiger partial charge in [0, 0.05) is 5.69 Å². The van der Waals surface area contributed by atoms with E-state index >= 15 is 0 Å². The van der Waals surface area contributed by atoms with Crippen molar-refractivity contribution in [1.82, 2.24) is 0 Å². The van der Waals surface area contributed by atoms with Crippen LogP contribution in [0.1, 0.15) is 36.7 Å². The van der Waals surface area contributed by atoms with E-state index in [1.165, 1.54) is 7.11 Å². The van der Waals surface area contributed by atoms with E-state index in [4.69, 9.17) is 14.2 Å². The van der Waals surface area contributed by atoms with Crippen LogP contribution in [0.15, 0.2) is 48.5 Å². The Bertz CT molecular complexity index is 763. The fourth-order valence-corrected chi connectivity index (χ4v) is 2.13. The molecule has 0 saturated heterocycles. The molecule has 2 aromatic rings. The van der Waals surface area contributed by atoms with E-state index in [0.29, 0.717) is 23.6 Å². The average molecular weight is 357 g/mol. The van der Waals surface area contributed by atoms with Crippen molar-refractivity contribution in [2.45, 2.75) is 33.0 Å². The highest BCUT2D eigenvalue weighted by molar-refractivity contribution is 5.89. The van der Waals surface area contributed by atoms with Gasteiger partial charge in [0.05, 0.1) is 12.7 Å². The third-order valence-electron chi connectivity index (χ3n) is 3.25. The molecule has 6 heteroatoms. The normalized spacial score (nSPS) is 10.8. The predicted molar refractivity (Wildman–Crippen MR) is 98.4 cm³/mol. The number of carbonyl (C=O) groups excluding carboxylic acids is 2. The molecule has 0 heterocycles. The second-order valence-corrected chi connectivity index (χ2v) is 6.63. The zero-order valence-corrected chi connectivity index (χ0v) is 15.4. The number of carbonyl (C=O) groups is 2. The van der Waals surface area contributed by atoms with Crippen molar-refractivity contribution >= 4 is 17.7 Å². The highest BCUT2D eigenvalue weighted by Crippen LogP contribution is 2.18. The average Bonchev–Trinajstić information content (AvgIpc) is 2.59. The molecule has 2 rings (SSSR count). The molecule has 0 unspecified atom stereocenters. The molecule has 0 aliphatic rings. The molecule has 0 atom stereocenters. The lowest BCUT2D eigenvalue weighted by molar-refractivity contribution is 0.0598. The number of ether oxygens (including phenoxy) is 3. The summed E-state index contributed by atoms with van der Waals surface area (Å²) in [6, 6.07) is 14.0. The number of esters is 1. The molecule has 26 heavy (non-hydrogen) atoms. The lowest BCUT2D eigenvalue weighted by Crippen LogP contribution is -2.27. The van der Waals surface area contributed by atoms with Crippen molar-refractivity contribution in [2.75, 3.05) is 12.4 Å². The fraction of sp³-hybridized carbons (Fsp3) is 0.300. The zero-order valence-electron chi connectivity index (χ0n) is 15.4. The van der Waals surface area contributed by atoms with Gasteiger partial charge in [-0.25, -0.2) is 9.59 Å². The van der Waals surface area contributed by atoms with Gasteiger partial charge in [-0.15, -0.1) is 0 Å². The van der Waals surface area contributed by atoms with Gasteiger partial charge in [-0.2, -0.15) is 0 Å². The van der Waals surface area contributed by atoms with Crippen LogP contribution in [0, 0.1) is 0 Å². The Morgan fingerprint density at radius 3 is 2.35 bits per heavy atom. The second-order valence-electron chi connectivity index (χ2n) is 6.63. The van der Waals surface area contributed by atoms with Gasteiger partial charge in [0.25, 0.3) is 0 Å². The highest BCUT2D eigenvalue weighted by atomic mass is 16.6. The Morgan fingerprint density at radius 1 is 1.04 bits per heavy atom. The summed E-state index contributed by atoms with van der Waals surface area (Å²) < 4.78 is 15.6. The van der Waals surface area contributed by atoms with Crippen LogP contribution in [-0.4, -0.2) is 24.8 Å². The largest absolute Gasteiger partial charge is 0.489 e. The Morgan fingerprint density at radius 2 is 1.73 bits per heavy atom. The predicted octanol–water partition coefficient (Wildman–Crippen LogP) is 4.40. The molecular formula is C20H23NO5. The third kappa shape index (κ3) is 6.12. The number of nitrogens with one attached hydrogen (secondary N) is 1. The number of amides is 1. The van der Waals surface area contributed by atoms with Crippen LogP contribution in [0.2, 0.25) is 0 Å². The summed E-state index contributed by atoms with van der Waals surface area (Å²) >= 11 is 0. The highest BCUT2D eigenvalue weighted by Gasteiger charge is 2.16. The molecule has 0 aliphatic heterocycles. The van der Waals surface area contributed by atoms with Crippen LogP contribution in [0.3, 0.4) is 0 Å². The van der Waals surface area contributed by atoms with Crippen LogP contribution in [0.25, 0.3) is 0 Å². The smallest absolute Gasteiger partial charge is 0.412 e. The molecular weight excluding hydrogens is 334 g/mol. The standard InChI is InChI=1S/C20H23NO5/c1-20(2,3)26-19(23)21-16-8-10-17(11-9-16)25-13-14-6-5-7-15(12-14)18(22)24-4/h5-12H,13H2,1-4H3,(H,21,23). The van der Waals surface area contributed by atoms with Crippen molar-refractivity contribution in [1.29, 1.82) is 0 Å². The number of hydrogen-bond donors (Lipinski definition) is 1. The third-order valence-corrected chi connectivity index (χ3v) is 3.25. The first-order valence-corrected chi connectivity index (χ1v) is 8.17. The second kappa shape index (κ2) is 8.38. The van der Waals surface area contributed by atoms with Gasteiger partial charge in [0.2, 0.25) is 0 Å². The van der Waals surface area contributed by atoms with Crippen LogP contribution < -0.4 is 10.1 Å². The maximum absolute atomic E-state index is 11.7. The SMILES string of the molecule is COC(=O)c1cccc(COc2ccc(NC(=O)OC(C)(C)C)cc2)c1. The van der Waals surface area contributed by atoms with Gasteiger partial charge in [-0.3, -0.25) is 5.32 Å². The van der Waals surface area contributed by atoms with Crippen LogP contribution >= 0.6 is 0 Å². The lowest BCUT2D eigenvalue weighted by atomic mass is 10.1. The van der Waals surface area contributed by atoms with Crippen molar-refractivity contribution in [3.8, 4) is 5.75 Å². The summed E-state index contributed by atoms with van der Waals surface area (Å²) in [5.41, 5.74) is 1.39. The summed E-state index contributed by atoms with van der Waals surface area (Å²) in [4.78, 5) is 23.3. The first-order chi connectivity index (χ1) is 12.3. The molecule has 6 nitrogen and oxygen atoms in total. The number of rotatable bonds is 5. The summed E-state index contributed by atoms with van der Waals surface area (Å²) in [7, 11) is 1.35. The van der Waals surface area contributed by atoms with E-state index in [0.717, 1.165) is 5.56 Å². The number of benzene rings is 2. The van der Waals surface area contributed by atoms with E-state index in [2.05, 4.69) is 5.32 Å². The quantitative estimate of drug-likeness (QED) is 0.803. The Kier molecular flexibility index (Phi) is 6.22. The summed E-state index contributed by atoms with van der Waals surface area (Å²) in [6.07, 6.45) is -0.509. The number of anilines is 1. The van der Waals surface area contributed by atoms with Crippen molar-refractivity contribution in [3.05, 3.63) is 59.7 Å². The van der Waals surface area contributed by atoms with Crippen molar-refractivity contribution in [2.24, 2.45) is 0 Å². The van der Waals surface area contributed by atoms with Crippen LogP contribution in [0.5, 0.6) is 5.75 Å². The monoisotopic (exact) mass is 357 g/mol. The molecule has 0 saturated carbocycles. The molecule has 0 spiro atoms. The molecule has 2 aromatic carbocycles. The molecule has 138 valence electrons. The topological polar surface area (TPSA) is 73.9 Å². The first-order valence-electron chi connectivity index (χ1n) is 8.17. The van der Waals surface area contributed by atoms with Gasteiger partial charge in [0.15, 0.2) is 0 Å². The van der Waals surface area contributed by atoms with Gasteiger partial charge in [0.1, 0.15) is 18.0 Å². The first kappa shape index (κ1) is 19.3. The lowest BCUT2D eigenvalue weighted by Gasteiger charge is -2.19. The van der Waals surface area contributed by atoms with Crippen LogP contribution in [-0.2, 0) is 16.1 Å². The molecule has 1 amide bonds. The summed E-state index contributed by atoms with van der Waals surface area (Å²) in [5, 5.41) is 2.66. The Balaban J connectivity index is 1.91. The minimum absolute atomic E-state index is 0.309. The van der Waals surface area contributed by atoms with E-state index in [-0.39, 0.29) is 5.97 Å². The summed E-state index contributed by atoms with van der Waals surface area (Å²) in [5.74, 6) is 0.257. The number of hydrogen-bond acceptors (Lipinski definition) is 5. The zero-order chi connectivity index (χ0) is 19.2. The molecule has 0 fully saturated rings. The molecule has 1 N–H and O–H groups in total. The minimum Gasteiger partial charge on any atom is -0.489 e. The van der Waals surface area contributed by atoms with Gasteiger partial charge in [-0.05, 0) is 62.7 Å².